The summed E-state index contributed by atoms with van der Waals surface area (Å²) in [5.74, 6) is 0.428. The van der Waals surface area contributed by atoms with Crippen molar-refractivity contribution in [1.29, 1.82) is 0 Å². The summed E-state index contributed by atoms with van der Waals surface area (Å²) in [6.07, 6.45) is 4.97. The number of nitrogens with zero attached hydrogens (tertiary/aromatic N) is 2. The topological polar surface area (TPSA) is 79.0 Å². The number of likely N-dealkylation sites (tertiary alicyclic amines) is 1. The molecular weight excluding hydrogens is 458 g/mol. The number of benzene rings is 1. The summed E-state index contributed by atoms with van der Waals surface area (Å²) < 4.78 is 32.9. The lowest BCUT2D eigenvalue weighted by atomic mass is 9.97. The molecule has 2 fully saturated rings. The van der Waals surface area contributed by atoms with E-state index in [9.17, 15) is 13.2 Å². The van der Waals surface area contributed by atoms with Crippen LogP contribution in [0.1, 0.15) is 43.7 Å². The van der Waals surface area contributed by atoms with E-state index in [-0.39, 0.29) is 24.4 Å². The third-order valence-electron chi connectivity index (χ3n) is 6.65. The number of amides is 1. The van der Waals surface area contributed by atoms with Crippen LogP contribution in [-0.4, -0.2) is 63.4 Å². The summed E-state index contributed by atoms with van der Waals surface area (Å²) in [5.41, 5.74) is 1.16. The lowest BCUT2D eigenvalue weighted by Crippen LogP contribution is -2.47. The van der Waals surface area contributed by atoms with Crippen LogP contribution in [0.15, 0.2) is 46.0 Å². The van der Waals surface area contributed by atoms with Gasteiger partial charge in [0.1, 0.15) is 9.96 Å². The molecular formula is C24H33N3O4S2. The van der Waals surface area contributed by atoms with Gasteiger partial charge in [0.15, 0.2) is 0 Å². The molecule has 2 aliphatic heterocycles. The minimum atomic E-state index is -3.53. The van der Waals surface area contributed by atoms with Crippen molar-refractivity contribution < 1.29 is 17.9 Å². The zero-order chi connectivity index (χ0) is 23.3. The quantitative estimate of drug-likeness (QED) is 0.612. The Bertz CT molecular complexity index is 1000. The molecule has 180 valence electrons. The highest BCUT2D eigenvalue weighted by Gasteiger charge is 2.34. The monoisotopic (exact) mass is 491 g/mol. The molecule has 1 amide bonds. The number of carbonyl (C=O) groups is 1. The van der Waals surface area contributed by atoms with Crippen LogP contribution in [0.25, 0.3) is 0 Å². The van der Waals surface area contributed by atoms with Crippen LogP contribution in [0.5, 0.6) is 5.75 Å². The highest BCUT2D eigenvalue weighted by Crippen LogP contribution is 2.28. The number of sulfonamides is 1. The Labute approximate surface area is 200 Å². The highest BCUT2D eigenvalue weighted by atomic mass is 32.2. The largest absolute Gasteiger partial charge is 0.497 e. The van der Waals surface area contributed by atoms with E-state index in [0.717, 1.165) is 24.4 Å². The number of carbonyl (C=O) groups excluding carboxylic acids is 1. The van der Waals surface area contributed by atoms with Crippen LogP contribution in [0.2, 0.25) is 0 Å². The standard InChI is InChI=1S/C24H33N3O4S2/c1-31-21-11-9-19(10-12-21)22(26-13-3-2-4-14-26)17-25-24(28)20-7-5-15-27(18-20)33(29,30)23-8-6-16-32-23/h6,8-12,16,20,22H,2-5,7,13-15,17-18H2,1H3,(H,25,28)/t20-,22+/m1/s1. The van der Waals surface area contributed by atoms with Crippen molar-refractivity contribution in [3.8, 4) is 5.75 Å². The number of hydrogen-bond donors (Lipinski definition) is 1. The number of rotatable bonds is 8. The van der Waals surface area contributed by atoms with Crippen LogP contribution < -0.4 is 10.1 Å². The summed E-state index contributed by atoms with van der Waals surface area (Å²) in [6, 6.07) is 11.5. The Morgan fingerprint density at radius 2 is 1.88 bits per heavy atom. The van der Waals surface area contributed by atoms with Gasteiger partial charge in [-0.05, 0) is 67.9 Å². The number of piperidine rings is 2. The Morgan fingerprint density at radius 3 is 2.55 bits per heavy atom. The van der Waals surface area contributed by atoms with Gasteiger partial charge in [-0.25, -0.2) is 8.42 Å². The first-order chi connectivity index (χ1) is 16.0. The molecule has 7 nitrogen and oxygen atoms in total. The molecule has 2 aromatic rings. The zero-order valence-corrected chi connectivity index (χ0v) is 20.7. The molecule has 33 heavy (non-hydrogen) atoms. The maximum Gasteiger partial charge on any atom is 0.252 e. The average molecular weight is 492 g/mol. The molecule has 0 saturated carbocycles. The van der Waals surface area contributed by atoms with Gasteiger partial charge >= 0.3 is 0 Å². The minimum Gasteiger partial charge on any atom is -0.497 e. The molecule has 3 heterocycles. The van der Waals surface area contributed by atoms with E-state index >= 15 is 0 Å². The maximum atomic E-state index is 13.1. The second-order valence-electron chi connectivity index (χ2n) is 8.77. The van der Waals surface area contributed by atoms with Crippen molar-refractivity contribution >= 4 is 27.3 Å². The van der Waals surface area contributed by atoms with Crippen LogP contribution in [-0.2, 0) is 14.8 Å². The van der Waals surface area contributed by atoms with Crippen molar-refractivity contribution in [3.63, 3.8) is 0 Å². The number of methoxy groups -OCH3 is 1. The normalized spacial score (nSPS) is 21.4. The summed E-state index contributed by atoms with van der Waals surface area (Å²) in [6.45, 7) is 3.25. The van der Waals surface area contributed by atoms with Gasteiger partial charge in [-0.2, -0.15) is 4.31 Å². The molecule has 2 saturated heterocycles. The molecule has 0 bridgehead atoms. The van der Waals surface area contributed by atoms with E-state index in [1.54, 1.807) is 24.6 Å². The molecule has 1 N–H and O–H groups in total. The summed E-state index contributed by atoms with van der Waals surface area (Å²) in [5, 5.41) is 4.92. The van der Waals surface area contributed by atoms with Crippen molar-refractivity contribution in [2.24, 2.45) is 5.92 Å². The molecule has 2 aliphatic rings. The predicted octanol–water partition coefficient (Wildman–Crippen LogP) is 3.50. The highest BCUT2D eigenvalue weighted by molar-refractivity contribution is 7.91. The van der Waals surface area contributed by atoms with Gasteiger partial charge in [-0.3, -0.25) is 9.69 Å². The lowest BCUT2D eigenvalue weighted by molar-refractivity contribution is -0.126. The Balaban J connectivity index is 1.42. The molecule has 9 heteroatoms. The van der Waals surface area contributed by atoms with Crippen LogP contribution in [0.3, 0.4) is 0 Å². The van der Waals surface area contributed by atoms with Crippen molar-refractivity contribution in [2.45, 2.75) is 42.4 Å². The van der Waals surface area contributed by atoms with Gasteiger partial charge in [0.2, 0.25) is 5.91 Å². The van der Waals surface area contributed by atoms with E-state index in [1.807, 2.05) is 12.1 Å². The number of hydrogen-bond acceptors (Lipinski definition) is 6. The predicted molar refractivity (Wildman–Crippen MR) is 130 cm³/mol. The van der Waals surface area contributed by atoms with Gasteiger partial charge in [0.05, 0.1) is 19.1 Å². The van der Waals surface area contributed by atoms with Crippen LogP contribution >= 0.6 is 11.3 Å². The second-order valence-corrected chi connectivity index (χ2v) is 11.9. The van der Waals surface area contributed by atoms with Gasteiger partial charge in [-0.15, -0.1) is 11.3 Å². The van der Waals surface area contributed by atoms with Crippen molar-refractivity contribution in [3.05, 3.63) is 47.3 Å². The molecule has 2 atom stereocenters. The van der Waals surface area contributed by atoms with Crippen molar-refractivity contribution in [2.75, 3.05) is 39.8 Å². The van der Waals surface area contributed by atoms with Gasteiger partial charge in [0.25, 0.3) is 10.0 Å². The number of thiophene rings is 1. The van der Waals surface area contributed by atoms with E-state index in [1.165, 1.54) is 34.9 Å². The molecule has 0 radical (unpaired) electrons. The molecule has 0 spiro atoms. The Hall–Kier alpha value is -1.94. The first kappa shape index (κ1) is 24.2. The third-order valence-corrected chi connectivity index (χ3v) is 9.88. The molecule has 0 aliphatic carbocycles. The minimum absolute atomic E-state index is 0.0587. The fraction of sp³-hybridized carbons (Fsp3) is 0.542. The summed E-state index contributed by atoms with van der Waals surface area (Å²) in [7, 11) is -1.88. The van der Waals surface area contributed by atoms with Crippen LogP contribution in [0, 0.1) is 5.92 Å². The molecule has 4 rings (SSSR count). The van der Waals surface area contributed by atoms with Gasteiger partial charge in [-0.1, -0.05) is 24.6 Å². The smallest absolute Gasteiger partial charge is 0.252 e. The Morgan fingerprint density at radius 1 is 1.12 bits per heavy atom. The van der Waals surface area contributed by atoms with E-state index in [4.69, 9.17) is 4.74 Å². The average Bonchev–Trinajstić information content (AvgIpc) is 3.41. The van der Waals surface area contributed by atoms with E-state index < -0.39 is 10.0 Å². The van der Waals surface area contributed by atoms with E-state index in [0.29, 0.717) is 30.1 Å². The molecule has 1 aromatic carbocycles. The zero-order valence-electron chi connectivity index (χ0n) is 19.1. The Kier molecular flexibility index (Phi) is 8.06. The summed E-state index contributed by atoms with van der Waals surface area (Å²) in [4.78, 5) is 15.6. The van der Waals surface area contributed by atoms with Crippen molar-refractivity contribution in [1.82, 2.24) is 14.5 Å². The van der Waals surface area contributed by atoms with Crippen LogP contribution in [0.4, 0.5) is 0 Å². The summed E-state index contributed by atoms with van der Waals surface area (Å²) >= 11 is 1.22. The molecule has 1 aromatic heterocycles. The third kappa shape index (κ3) is 5.77. The lowest BCUT2D eigenvalue weighted by Gasteiger charge is -2.36. The van der Waals surface area contributed by atoms with Gasteiger partial charge < -0.3 is 10.1 Å². The fourth-order valence-corrected chi connectivity index (χ4v) is 7.44. The second kappa shape index (κ2) is 11.0. The number of nitrogens with one attached hydrogen (secondary N) is 1. The fourth-order valence-electron chi connectivity index (χ4n) is 4.77. The SMILES string of the molecule is COc1ccc([C@H](CNC(=O)[C@@H]2CCCN(S(=O)(=O)c3cccs3)C2)N2CCCCC2)cc1. The first-order valence-electron chi connectivity index (χ1n) is 11.7. The molecule has 0 unspecified atom stereocenters. The first-order valence-corrected chi connectivity index (χ1v) is 14.0. The number of ether oxygens (including phenoxy) is 1. The maximum absolute atomic E-state index is 13.1. The van der Waals surface area contributed by atoms with E-state index in [2.05, 4.69) is 22.3 Å². The van der Waals surface area contributed by atoms with Gasteiger partial charge in [0, 0.05) is 19.6 Å².